The molecule has 6 heteroatoms. The Balaban J connectivity index is 4.69. The van der Waals surface area contributed by atoms with Crippen LogP contribution in [-0.4, -0.2) is 37.2 Å². The maximum atomic E-state index is 12.8. The molecule has 1 atom stereocenters. The van der Waals surface area contributed by atoms with Crippen molar-refractivity contribution >= 4 is 17.9 Å². The van der Waals surface area contributed by atoms with Gasteiger partial charge in [-0.3, -0.25) is 14.4 Å². The molecule has 0 aromatic rings. The molecule has 0 saturated heterocycles. The highest BCUT2D eigenvalue weighted by Crippen LogP contribution is 2.10. The number of carbonyl (C=O) groups is 3. The largest absolute Gasteiger partial charge is 0.462 e. The SMILES string of the molecule is CC\C=C/C=C\C=C/CCCCCCCC(=O)OCC(COC(=O)CC/C=C\C/C=C\C/C=C\C/C=C\C/C=C\C/C=C\CC)OC(=O)CC/C=C\C/C=C\C/C=C\C/C=C\C/C=C\C/C=C\CC. The predicted octanol–water partition coefficient (Wildman–Crippen LogP) is 17.7. The van der Waals surface area contributed by atoms with Gasteiger partial charge in [-0.1, -0.05) is 222 Å². The molecule has 0 saturated carbocycles. The van der Waals surface area contributed by atoms with Gasteiger partial charge in [0.05, 0.1) is 0 Å². The molecule has 0 rings (SSSR count). The minimum Gasteiger partial charge on any atom is -0.462 e. The van der Waals surface area contributed by atoms with Crippen LogP contribution in [0.2, 0.25) is 0 Å². The summed E-state index contributed by atoms with van der Waals surface area (Å²) in [7, 11) is 0. The van der Waals surface area contributed by atoms with Crippen LogP contribution < -0.4 is 0 Å². The zero-order valence-electron chi connectivity index (χ0n) is 43.2. The topological polar surface area (TPSA) is 78.9 Å². The van der Waals surface area contributed by atoms with Gasteiger partial charge >= 0.3 is 17.9 Å². The quantitative estimate of drug-likeness (QED) is 0.0199. The third kappa shape index (κ3) is 53.3. The molecule has 0 bridgehead atoms. The Hall–Kier alpha value is -5.49. The van der Waals surface area contributed by atoms with Crippen molar-refractivity contribution in [2.24, 2.45) is 0 Å². The minimum absolute atomic E-state index is 0.153. The normalized spacial score (nSPS) is 13.6. The second-order valence-corrected chi connectivity index (χ2v) is 16.3. The standard InChI is InChI=1S/C63H92O6/c1-4-7-10-13-16-19-22-25-27-29-31-33-35-38-41-44-47-50-53-56-62(65)68-59-60(58-67-61(64)55-52-49-46-43-40-37-24-21-18-15-12-9-6-3)69-63(66)57-54-51-48-45-42-39-36-34-32-30-28-26-23-20-17-14-11-8-5-2/h7-12,15-21,24-28,31-34,38-39,41-42,47-48,50-51,60H,4-6,13-14,22-23,29-30,35-37,40,43-46,49,52-59H2,1-3H3/b10-7-,11-8-,12-9-,18-15-,19-16-,20-17-,24-21-,27-25-,28-26-,33-31-,34-32-,41-38-,42-39-,50-47-,51-48-. The van der Waals surface area contributed by atoms with Crippen LogP contribution in [0.15, 0.2) is 182 Å². The van der Waals surface area contributed by atoms with E-state index in [0.717, 1.165) is 122 Å². The van der Waals surface area contributed by atoms with E-state index in [1.165, 1.54) is 0 Å². The first kappa shape index (κ1) is 63.5. The van der Waals surface area contributed by atoms with Crippen molar-refractivity contribution in [3.8, 4) is 0 Å². The van der Waals surface area contributed by atoms with E-state index in [-0.39, 0.29) is 32.0 Å². The molecule has 0 aliphatic heterocycles. The third-order valence-electron chi connectivity index (χ3n) is 9.97. The lowest BCUT2D eigenvalue weighted by molar-refractivity contribution is -0.166. The summed E-state index contributed by atoms with van der Waals surface area (Å²) in [6.07, 6.45) is 83.3. The summed E-state index contributed by atoms with van der Waals surface area (Å²) in [6, 6.07) is 0. The molecular formula is C63H92O6. The Labute approximate surface area is 421 Å². The maximum Gasteiger partial charge on any atom is 0.306 e. The molecule has 69 heavy (non-hydrogen) atoms. The average molecular weight is 945 g/mol. The van der Waals surface area contributed by atoms with Crippen LogP contribution in [0.25, 0.3) is 0 Å². The van der Waals surface area contributed by atoms with Crippen LogP contribution in [0.3, 0.4) is 0 Å². The van der Waals surface area contributed by atoms with Gasteiger partial charge in [0.25, 0.3) is 0 Å². The van der Waals surface area contributed by atoms with E-state index in [2.05, 4.69) is 173 Å². The number of ether oxygens (including phenoxy) is 3. The Kier molecular flexibility index (Phi) is 50.7. The van der Waals surface area contributed by atoms with Crippen LogP contribution in [0, 0.1) is 0 Å². The number of allylic oxidation sites excluding steroid dienone is 30. The van der Waals surface area contributed by atoms with E-state index < -0.39 is 18.0 Å². The fraction of sp³-hybridized carbons (Fsp3) is 0.476. The van der Waals surface area contributed by atoms with Crippen molar-refractivity contribution in [1.82, 2.24) is 0 Å². The Morgan fingerprint density at radius 2 is 0.623 bits per heavy atom. The van der Waals surface area contributed by atoms with Crippen molar-refractivity contribution in [3.63, 3.8) is 0 Å². The number of rotatable bonds is 44. The van der Waals surface area contributed by atoms with Crippen LogP contribution in [0.5, 0.6) is 0 Å². The molecule has 6 nitrogen and oxygen atoms in total. The van der Waals surface area contributed by atoms with E-state index in [9.17, 15) is 14.4 Å². The Bertz CT molecular complexity index is 1700. The molecule has 0 N–H and O–H groups in total. The van der Waals surface area contributed by atoms with Gasteiger partial charge in [-0.05, 0) is 116 Å². The van der Waals surface area contributed by atoms with E-state index in [4.69, 9.17) is 14.2 Å². The van der Waals surface area contributed by atoms with E-state index in [1.54, 1.807) is 0 Å². The number of unbranched alkanes of at least 4 members (excludes halogenated alkanes) is 5. The molecule has 1 unspecified atom stereocenters. The lowest BCUT2D eigenvalue weighted by atomic mass is 10.1. The summed E-state index contributed by atoms with van der Waals surface area (Å²) >= 11 is 0. The van der Waals surface area contributed by atoms with Crippen LogP contribution in [0.4, 0.5) is 0 Å². The van der Waals surface area contributed by atoms with E-state index in [1.807, 2.05) is 30.4 Å². The summed E-state index contributed by atoms with van der Waals surface area (Å²) in [6.45, 7) is 6.09. The lowest BCUT2D eigenvalue weighted by Gasteiger charge is -2.18. The van der Waals surface area contributed by atoms with Crippen LogP contribution in [-0.2, 0) is 28.6 Å². The molecule has 0 heterocycles. The summed E-state index contributed by atoms with van der Waals surface area (Å²) in [5.74, 6) is -1.16. The third-order valence-corrected chi connectivity index (χ3v) is 9.97. The minimum atomic E-state index is -0.868. The molecule has 0 aromatic carbocycles. The summed E-state index contributed by atoms with van der Waals surface area (Å²) in [5, 5.41) is 0. The van der Waals surface area contributed by atoms with Crippen molar-refractivity contribution in [3.05, 3.63) is 182 Å². The molecule has 0 radical (unpaired) electrons. The first-order valence-corrected chi connectivity index (χ1v) is 26.3. The van der Waals surface area contributed by atoms with Gasteiger partial charge in [-0.2, -0.15) is 0 Å². The second kappa shape index (κ2) is 55.1. The summed E-state index contributed by atoms with van der Waals surface area (Å²) in [5.41, 5.74) is 0. The van der Waals surface area contributed by atoms with Crippen molar-refractivity contribution in [1.29, 1.82) is 0 Å². The predicted molar refractivity (Wildman–Crippen MR) is 297 cm³/mol. The van der Waals surface area contributed by atoms with Gasteiger partial charge in [0.15, 0.2) is 6.10 Å². The first-order chi connectivity index (χ1) is 34.0. The fourth-order valence-corrected chi connectivity index (χ4v) is 6.14. The number of hydrogen-bond donors (Lipinski definition) is 0. The smallest absolute Gasteiger partial charge is 0.306 e. The molecular weight excluding hydrogens is 853 g/mol. The lowest BCUT2D eigenvalue weighted by Crippen LogP contribution is -2.30. The van der Waals surface area contributed by atoms with Crippen LogP contribution >= 0.6 is 0 Å². The van der Waals surface area contributed by atoms with Gasteiger partial charge in [0.2, 0.25) is 0 Å². The Morgan fingerprint density at radius 1 is 0.304 bits per heavy atom. The van der Waals surface area contributed by atoms with Gasteiger partial charge in [0, 0.05) is 19.3 Å². The first-order valence-electron chi connectivity index (χ1n) is 26.3. The highest BCUT2D eigenvalue weighted by atomic mass is 16.6. The van der Waals surface area contributed by atoms with Gasteiger partial charge in [-0.25, -0.2) is 0 Å². The van der Waals surface area contributed by atoms with Gasteiger partial charge in [0.1, 0.15) is 13.2 Å². The van der Waals surface area contributed by atoms with Crippen molar-refractivity contribution < 1.29 is 28.6 Å². The molecule has 0 spiro atoms. The zero-order valence-corrected chi connectivity index (χ0v) is 43.2. The highest BCUT2D eigenvalue weighted by molar-refractivity contribution is 5.71. The molecule has 0 aliphatic carbocycles. The van der Waals surface area contributed by atoms with Gasteiger partial charge in [-0.15, -0.1) is 0 Å². The average Bonchev–Trinajstić information content (AvgIpc) is 3.35. The van der Waals surface area contributed by atoms with E-state index >= 15 is 0 Å². The number of carbonyl (C=O) groups excluding carboxylic acids is 3. The number of esters is 3. The number of hydrogen-bond acceptors (Lipinski definition) is 6. The van der Waals surface area contributed by atoms with Gasteiger partial charge < -0.3 is 14.2 Å². The van der Waals surface area contributed by atoms with Crippen molar-refractivity contribution in [2.75, 3.05) is 13.2 Å². The molecule has 0 aromatic heterocycles. The van der Waals surface area contributed by atoms with E-state index in [0.29, 0.717) is 19.3 Å². The van der Waals surface area contributed by atoms with Crippen molar-refractivity contribution in [2.45, 2.75) is 181 Å². The molecule has 0 amide bonds. The summed E-state index contributed by atoms with van der Waals surface area (Å²) in [4.78, 5) is 38.0. The monoisotopic (exact) mass is 945 g/mol. The molecule has 0 fully saturated rings. The zero-order chi connectivity index (χ0) is 50.0. The molecule has 380 valence electrons. The second-order valence-electron chi connectivity index (χ2n) is 16.3. The summed E-state index contributed by atoms with van der Waals surface area (Å²) < 4.78 is 16.6. The molecule has 0 aliphatic rings. The maximum absolute atomic E-state index is 12.8. The van der Waals surface area contributed by atoms with Crippen LogP contribution in [0.1, 0.15) is 175 Å². The fourth-order valence-electron chi connectivity index (χ4n) is 6.14. The highest BCUT2D eigenvalue weighted by Gasteiger charge is 2.19. The Morgan fingerprint density at radius 3 is 1.03 bits per heavy atom.